The van der Waals surface area contributed by atoms with E-state index in [4.69, 9.17) is 4.42 Å². The molecule has 2 aliphatic heterocycles. The molecular weight excluding hydrogens is 376 g/mol. The number of hydrogen-bond acceptors (Lipinski definition) is 7. The van der Waals surface area contributed by atoms with E-state index < -0.39 is 12.0 Å². The van der Waals surface area contributed by atoms with Crippen molar-refractivity contribution in [3.8, 4) is 0 Å². The number of fused-ring (bicyclic) bond motifs is 4. The zero-order valence-corrected chi connectivity index (χ0v) is 16.7. The number of piperidine rings is 1. The summed E-state index contributed by atoms with van der Waals surface area (Å²) in [6, 6.07) is 4.67. The number of carbonyl (C=O) groups is 2. The molecule has 1 fully saturated rings. The van der Waals surface area contributed by atoms with Crippen molar-refractivity contribution in [1.82, 2.24) is 19.4 Å². The second-order valence-corrected chi connectivity index (χ2v) is 7.84. The van der Waals surface area contributed by atoms with Gasteiger partial charge in [0.2, 0.25) is 11.8 Å². The van der Waals surface area contributed by atoms with E-state index in [1.54, 1.807) is 29.6 Å². The number of ether oxygens (including phenoxy) is 1. The third-order valence-corrected chi connectivity index (χ3v) is 5.72. The standard InChI is InChI=1S/C20H24N4O5/c1-22(2)19(26)18-13-7-12(15-5-4-6-17(25)24(15)18)8-23(9-13)10-16-21-14(11-29-16)20(27)28-3/h4-6,11-13,18H,7-10H2,1-3H3/t12-,13+,18-/m1/s1. The van der Waals surface area contributed by atoms with Gasteiger partial charge in [0.05, 0.1) is 13.7 Å². The van der Waals surface area contributed by atoms with E-state index in [1.165, 1.54) is 19.4 Å². The second kappa shape index (κ2) is 7.47. The van der Waals surface area contributed by atoms with Gasteiger partial charge in [-0.3, -0.25) is 19.1 Å². The molecule has 0 N–H and O–H groups in total. The molecule has 2 bridgehead atoms. The highest BCUT2D eigenvalue weighted by molar-refractivity contribution is 5.86. The molecule has 4 rings (SSSR count). The predicted octanol–water partition coefficient (Wildman–Crippen LogP) is 0.871. The third-order valence-electron chi connectivity index (χ3n) is 5.72. The smallest absolute Gasteiger partial charge is 0.360 e. The van der Waals surface area contributed by atoms with Crippen molar-refractivity contribution in [1.29, 1.82) is 0 Å². The molecule has 29 heavy (non-hydrogen) atoms. The summed E-state index contributed by atoms with van der Waals surface area (Å²) in [4.78, 5) is 45.1. The number of pyridine rings is 1. The molecular formula is C20H24N4O5. The lowest BCUT2D eigenvalue weighted by molar-refractivity contribution is -0.135. The van der Waals surface area contributed by atoms with Crippen molar-refractivity contribution in [3.63, 3.8) is 0 Å². The summed E-state index contributed by atoms with van der Waals surface area (Å²) in [6.45, 7) is 1.78. The molecule has 1 saturated heterocycles. The molecule has 0 radical (unpaired) electrons. The van der Waals surface area contributed by atoms with Crippen molar-refractivity contribution in [2.24, 2.45) is 5.92 Å². The lowest BCUT2D eigenvalue weighted by Gasteiger charge is -2.46. The van der Waals surface area contributed by atoms with Crippen LogP contribution >= 0.6 is 0 Å². The topological polar surface area (TPSA) is 97.9 Å². The van der Waals surface area contributed by atoms with E-state index in [9.17, 15) is 14.4 Å². The molecule has 0 aliphatic carbocycles. The number of nitrogens with zero attached hydrogens (tertiary/aromatic N) is 4. The van der Waals surface area contributed by atoms with Gasteiger partial charge in [-0.15, -0.1) is 0 Å². The fourth-order valence-corrected chi connectivity index (χ4v) is 4.51. The van der Waals surface area contributed by atoms with Crippen LogP contribution in [0.25, 0.3) is 0 Å². The monoisotopic (exact) mass is 400 g/mol. The number of esters is 1. The van der Waals surface area contributed by atoms with E-state index in [2.05, 4.69) is 14.6 Å². The summed E-state index contributed by atoms with van der Waals surface area (Å²) in [6.07, 6.45) is 2.14. The van der Waals surface area contributed by atoms with Crippen molar-refractivity contribution in [3.05, 3.63) is 52.1 Å². The Bertz CT molecular complexity index is 995. The molecule has 0 spiro atoms. The van der Waals surface area contributed by atoms with Crippen LogP contribution < -0.4 is 5.56 Å². The van der Waals surface area contributed by atoms with Gasteiger partial charge >= 0.3 is 5.97 Å². The number of rotatable bonds is 4. The van der Waals surface area contributed by atoms with E-state index >= 15 is 0 Å². The Morgan fingerprint density at radius 3 is 2.83 bits per heavy atom. The minimum Gasteiger partial charge on any atom is -0.464 e. The Hall–Kier alpha value is -2.94. The van der Waals surface area contributed by atoms with Gasteiger partial charge < -0.3 is 14.1 Å². The Labute approximate surface area is 167 Å². The van der Waals surface area contributed by atoms with E-state index in [-0.39, 0.29) is 29.0 Å². The SMILES string of the molecule is COC(=O)c1coc(CN2C[C@H]3C[C@@H](C2)[C@H](C(=O)N(C)C)n2c3cccc2=O)n1. The molecule has 3 atom stereocenters. The van der Waals surface area contributed by atoms with Crippen LogP contribution in [0, 0.1) is 5.92 Å². The molecule has 2 aromatic rings. The van der Waals surface area contributed by atoms with Crippen molar-refractivity contribution >= 4 is 11.9 Å². The summed E-state index contributed by atoms with van der Waals surface area (Å²) in [7, 11) is 4.72. The largest absolute Gasteiger partial charge is 0.464 e. The minimum atomic E-state index is -0.541. The summed E-state index contributed by atoms with van der Waals surface area (Å²) < 4.78 is 11.8. The molecule has 1 amide bonds. The minimum absolute atomic E-state index is 0.00582. The van der Waals surface area contributed by atoms with Crippen LogP contribution in [0.4, 0.5) is 0 Å². The highest BCUT2D eigenvalue weighted by atomic mass is 16.5. The van der Waals surface area contributed by atoms with Gasteiger partial charge in [0.1, 0.15) is 12.3 Å². The maximum Gasteiger partial charge on any atom is 0.360 e. The van der Waals surface area contributed by atoms with Crippen LogP contribution in [0.3, 0.4) is 0 Å². The average Bonchev–Trinajstić information content (AvgIpc) is 3.16. The molecule has 2 aromatic heterocycles. The number of likely N-dealkylation sites (N-methyl/N-ethyl adjacent to an activating group) is 1. The van der Waals surface area contributed by atoms with Gasteiger partial charge in [-0.2, -0.15) is 0 Å². The summed E-state index contributed by atoms with van der Waals surface area (Å²) in [5.74, 6) is -0.0454. The first-order valence-electron chi connectivity index (χ1n) is 9.56. The zero-order chi connectivity index (χ0) is 20.7. The maximum absolute atomic E-state index is 13.0. The van der Waals surface area contributed by atoms with Crippen molar-refractivity contribution in [2.75, 3.05) is 34.3 Å². The summed E-state index contributed by atoms with van der Waals surface area (Å²) in [5, 5.41) is 0. The molecule has 0 saturated carbocycles. The number of oxazole rings is 1. The van der Waals surface area contributed by atoms with E-state index in [1.807, 2.05) is 6.07 Å². The number of amides is 1. The van der Waals surface area contributed by atoms with Gasteiger partial charge in [-0.05, 0) is 12.5 Å². The molecule has 9 heteroatoms. The van der Waals surface area contributed by atoms with E-state index in [0.29, 0.717) is 19.0 Å². The van der Waals surface area contributed by atoms with Crippen molar-refractivity contribution in [2.45, 2.75) is 24.9 Å². The fourth-order valence-electron chi connectivity index (χ4n) is 4.51. The molecule has 154 valence electrons. The molecule has 2 aliphatic rings. The van der Waals surface area contributed by atoms with Crippen LogP contribution in [-0.2, 0) is 16.1 Å². The van der Waals surface area contributed by atoms with Gasteiger partial charge in [-0.1, -0.05) is 6.07 Å². The summed E-state index contributed by atoms with van der Waals surface area (Å²) in [5.41, 5.74) is 0.889. The number of likely N-dealkylation sites (tertiary alicyclic amines) is 1. The predicted molar refractivity (Wildman–Crippen MR) is 102 cm³/mol. The molecule has 9 nitrogen and oxygen atoms in total. The average molecular weight is 400 g/mol. The number of hydrogen-bond donors (Lipinski definition) is 0. The lowest BCUT2D eigenvalue weighted by Crippen LogP contribution is -2.53. The van der Waals surface area contributed by atoms with Crippen LogP contribution in [0.15, 0.2) is 33.7 Å². The lowest BCUT2D eigenvalue weighted by atomic mass is 9.78. The normalized spacial score (nSPS) is 23.3. The van der Waals surface area contributed by atoms with Gasteiger partial charge in [0.25, 0.3) is 5.56 Å². The Kier molecular flexibility index (Phi) is 4.99. The highest BCUT2D eigenvalue weighted by Gasteiger charge is 2.44. The molecule has 4 heterocycles. The van der Waals surface area contributed by atoms with Crippen LogP contribution in [0.2, 0.25) is 0 Å². The quantitative estimate of drug-likeness (QED) is 0.703. The Balaban J connectivity index is 1.63. The third kappa shape index (κ3) is 3.46. The van der Waals surface area contributed by atoms with Crippen LogP contribution in [0.1, 0.15) is 40.5 Å². The fraction of sp³-hybridized carbons (Fsp3) is 0.500. The van der Waals surface area contributed by atoms with E-state index in [0.717, 1.165) is 18.7 Å². The van der Waals surface area contributed by atoms with Crippen LogP contribution in [-0.4, -0.2) is 65.5 Å². The number of carbonyl (C=O) groups excluding carboxylic acids is 2. The molecule has 0 unspecified atom stereocenters. The maximum atomic E-state index is 13.0. The summed E-state index contributed by atoms with van der Waals surface area (Å²) >= 11 is 0. The second-order valence-electron chi connectivity index (χ2n) is 7.84. The zero-order valence-electron chi connectivity index (χ0n) is 16.7. The van der Waals surface area contributed by atoms with Gasteiger partial charge in [-0.25, -0.2) is 9.78 Å². The van der Waals surface area contributed by atoms with Gasteiger partial charge in [0, 0.05) is 50.8 Å². The van der Waals surface area contributed by atoms with Crippen LogP contribution in [0.5, 0.6) is 0 Å². The number of methoxy groups -OCH3 is 1. The first-order valence-corrected chi connectivity index (χ1v) is 9.56. The molecule has 0 aromatic carbocycles. The van der Waals surface area contributed by atoms with Gasteiger partial charge in [0.15, 0.2) is 5.69 Å². The number of aromatic nitrogens is 2. The van der Waals surface area contributed by atoms with Crippen molar-refractivity contribution < 1.29 is 18.7 Å². The highest BCUT2D eigenvalue weighted by Crippen LogP contribution is 2.41. The first kappa shape index (κ1) is 19.4. The first-order chi connectivity index (χ1) is 13.9. The Morgan fingerprint density at radius 2 is 2.10 bits per heavy atom. The Morgan fingerprint density at radius 1 is 1.31 bits per heavy atom.